The van der Waals surface area contributed by atoms with Crippen molar-refractivity contribution in [2.45, 2.75) is 32.3 Å². The summed E-state index contributed by atoms with van der Waals surface area (Å²) in [5, 5.41) is 12.6. The van der Waals surface area contributed by atoms with Gasteiger partial charge in [-0.25, -0.2) is 4.79 Å². The van der Waals surface area contributed by atoms with E-state index in [0.717, 1.165) is 24.0 Å². The standard InChI is InChI=1S/C22H24ClNO4/c1-22(2,21(26)27)28-19-12-7-16(8-13-19)4-3-15-24-20(25)14-9-17-5-10-18(23)11-6-17/h5-14H,3-4,15H2,1-2H3,(H,24,25)(H,26,27)/b14-9+. The molecule has 0 unspecified atom stereocenters. The monoisotopic (exact) mass is 401 g/mol. The second-order valence-corrected chi connectivity index (χ2v) is 7.28. The van der Waals surface area contributed by atoms with E-state index in [4.69, 9.17) is 21.4 Å². The van der Waals surface area contributed by atoms with Crippen molar-refractivity contribution in [3.05, 3.63) is 70.8 Å². The van der Waals surface area contributed by atoms with Gasteiger partial charge in [0.1, 0.15) is 5.75 Å². The van der Waals surface area contributed by atoms with Crippen LogP contribution in [0.5, 0.6) is 5.75 Å². The Morgan fingerprint density at radius 3 is 2.36 bits per heavy atom. The summed E-state index contributed by atoms with van der Waals surface area (Å²) in [7, 11) is 0. The van der Waals surface area contributed by atoms with Gasteiger partial charge in [-0.1, -0.05) is 35.9 Å². The minimum atomic E-state index is -1.27. The normalized spacial score (nSPS) is 11.4. The van der Waals surface area contributed by atoms with Gasteiger partial charge in [0, 0.05) is 17.6 Å². The highest BCUT2D eigenvalue weighted by molar-refractivity contribution is 6.30. The lowest BCUT2D eigenvalue weighted by molar-refractivity contribution is -0.152. The Hall–Kier alpha value is -2.79. The molecule has 1 amide bonds. The topological polar surface area (TPSA) is 75.6 Å². The van der Waals surface area contributed by atoms with Gasteiger partial charge in [0.2, 0.25) is 5.91 Å². The lowest BCUT2D eigenvalue weighted by Gasteiger charge is -2.21. The molecule has 6 heteroatoms. The largest absolute Gasteiger partial charge is 0.478 e. The lowest BCUT2D eigenvalue weighted by Crippen LogP contribution is -2.37. The summed E-state index contributed by atoms with van der Waals surface area (Å²) < 4.78 is 5.47. The summed E-state index contributed by atoms with van der Waals surface area (Å²) in [5.74, 6) is -0.649. The van der Waals surface area contributed by atoms with Gasteiger partial charge in [0.05, 0.1) is 0 Å². The zero-order valence-electron chi connectivity index (χ0n) is 15.9. The molecular weight excluding hydrogens is 378 g/mol. The molecule has 0 aliphatic carbocycles. The number of hydrogen-bond acceptors (Lipinski definition) is 3. The van der Waals surface area contributed by atoms with E-state index < -0.39 is 11.6 Å². The van der Waals surface area contributed by atoms with E-state index >= 15 is 0 Å². The van der Waals surface area contributed by atoms with Gasteiger partial charge in [0.25, 0.3) is 0 Å². The minimum absolute atomic E-state index is 0.144. The number of carboxylic acid groups (broad SMARTS) is 1. The van der Waals surface area contributed by atoms with Gasteiger partial charge < -0.3 is 15.2 Å². The van der Waals surface area contributed by atoms with Crippen LogP contribution in [0.2, 0.25) is 5.02 Å². The molecule has 0 radical (unpaired) electrons. The number of carboxylic acids is 1. The first-order valence-corrected chi connectivity index (χ1v) is 9.37. The van der Waals surface area contributed by atoms with Crippen LogP contribution in [0.3, 0.4) is 0 Å². The van der Waals surface area contributed by atoms with Crippen LogP contribution in [0.25, 0.3) is 6.08 Å². The zero-order chi connectivity index (χ0) is 20.6. The van der Waals surface area contributed by atoms with Gasteiger partial charge in [-0.05, 0) is 68.2 Å². The van der Waals surface area contributed by atoms with E-state index in [1.54, 1.807) is 30.3 Å². The van der Waals surface area contributed by atoms with Crippen LogP contribution >= 0.6 is 11.6 Å². The smallest absolute Gasteiger partial charge is 0.347 e. The molecule has 2 aromatic carbocycles. The average molecular weight is 402 g/mol. The van der Waals surface area contributed by atoms with E-state index in [9.17, 15) is 9.59 Å². The molecule has 0 spiro atoms. The number of benzene rings is 2. The van der Waals surface area contributed by atoms with Crippen molar-refractivity contribution in [2.75, 3.05) is 6.54 Å². The highest BCUT2D eigenvalue weighted by Crippen LogP contribution is 2.19. The predicted molar refractivity (Wildman–Crippen MR) is 111 cm³/mol. The maximum atomic E-state index is 11.8. The summed E-state index contributed by atoms with van der Waals surface area (Å²) in [5.41, 5.74) is 0.727. The molecular formula is C22H24ClNO4. The number of rotatable bonds is 9. The molecule has 0 aliphatic heterocycles. The quantitative estimate of drug-likeness (QED) is 0.484. The Morgan fingerprint density at radius 2 is 1.75 bits per heavy atom. The minimum Gasteiger partial charge on any atom is -0.478 e. The van der Waals surface area contributed by atoms with Gasteiger partial charge >= 0.3 is 5.97 Å². The Morgan fingerprint density at radius 1 is 1.11 bits per heavy atom. The summed E-state index contributed by atoms with van der Waals surface area (Å²) in [6, 6.07) is 14.6. The molecule has 28 heavy (non-hydrogen) atoms. The summed E-state index contributed by atoms with van der Waals surface area (Å²) in [6.45, 7) is 3.58. The number of carbonyl (C=O) groups is 2. The molecule has 2 aromatic rings. The predicted octanol–water partition coefficient (Wildman–Crippen LogP) is 4.34. The molecule has 0 aromatic heterocycles. The third-order valence-corrected chi connectivity index (χ3v) is 4.30. The summed E-state index contributed by atoms with van der Waals surface area (Å²) in [6.07, 6.45) is 4.83. The highest BCUT2D eigenvalue weighted by Gasteiger charge is 2.29. The van der Waals surface area contributed by atoms with Crippen LogP contribution in [0.15, 0.2) is 54.6 Å². The van der Waals surface area contributed by atoms with Crippen LogP contribution in [0, 0.1) is 0 Å². The SMILES string of the molecule is CC(C)(Oc1ccc(CCCNC(=O)/C=C/c2ccc(Cl)cc2)cc1)C(=O)O. The Kier molecular flexibility index (Phi) is 7.64. The van der Waals surface area contributed by atoms with Crippen molar-refractivity contribution in [3.8, 4) is 5.75 Å². The van der Waals surface area contributed by atoms with Crippen molar-refractivity contribution < 1.29 is 19.4 Å². The molecule has 0 heterocycles. The van der Waals surface area contributed by atoms with Gasteiger partial charge in [-0.15, -0.1) is 0 Å². The molecule has 5 nitrogen and oxygen atoms in total. The van der Waals surface area contributed by atoms with E-state index in [0.29, 0.717) is 17.3 Å². The number of amides is 1. The van der Waals surface area contributed by atoms with Crippen LogP contribution in [0.1, 0.15) is 31.4 Å². The zero-order valence-corrected chi connectivity index (χ0v) is 16.7. The van der Waals surface area contributed by atoms with Crippen LogP contribution < -0.4 is 10.1 Å². The van der Waals surface area contributed by atoms with Gasteiger partial charge in [-0.3, -0.25) is 4.79 Å². The van der Waals surface area contributed by atoms with Crippen molar-refractivity contribution >= 4 is 29.6 Å². The van der Waals surface area contributed by atoms with Crippen molar-refractivity contribution in [3.63, 3.8) is 0 Å². The molecule has 0 saturated heterocycles. The van der Waals surface area contributed by atoms with Crippen molar-refractivity contribution in [1.82, 2.24) is 5.32 Å². The molecule has 2 N–H and O–H groups in total. The van der Waals surface area contributed by atoms with Gasteiger partial charge in [-0.2, -0.15) is 0 Å². The maximum Gasteiger partial charge on any atom is 0.347 e. The van der Waals surface area contributed by atoms with Gasteiger partial charge in [0.15, 0.2) is 5.60 Å². The third kappa shape index (κ3) is 7.08. The molecule has 0 atom stereocenters. The van der Waals surface area contributed by atoms with E-state index in [1.807, 2.05) is 24.3 Å². The number of nitrogens with one attached hydrogen (secondary N) is 1. The first-order chi connectivity index (χ1) is 13.3. The average Bonchev–Trinajstić information content (AvgIpc) is 2.65. The molecule has 148 valence electrons. The summed E-state index contributed by atoms with van der Waals surface area (Å²) >= 11 is 5.82. The Bertz CT molecular complexity index is 827. The van der Waals surface area contributed by atoms with E-state index in [1.165, 1.54) is 19.9 Å². The fraction of sp³-hybridized carbons (Fsp3) is 0.273. The van der Waals surface area contributed by atoms with Crippen LogP contribution in [0.4, 0.5) is 0 Å². The lowest BCUT2D eigenvalue weighted by atomic mass is 10.1. The van der Waals surface area contributed by atoms with E-state index in [-0.39, 0.29) is 5.91 Å². The number of aliphatic carboxylic acids is 1. The second-order valence-electron chi connectivity index (χ2n) is 6.84. The number of halogens is 1. The first-order valence-electron chi connectivity index (χ1n) is 8.99. The molecule has 0 fully saturated rings. The summed E-state index contributed by atoms with van der Waals surface area (Å²) in [4.78, 5) is 22.9. The van der Waals surface area contributed by atoms with E-state index in [2.05, 4.69) is 5.32 Å². The molecule has 0 bridgehead atoms. The number of hydrogen-bond donors (Lipinski definition) is 2. The molecule has 0 saturated carbocycles. The highest BCUT2D eigenvalue weighted by atomic mass is 35.5. The molecule has 2 rings (SSSR count). The third-order valence-electron chi connectivity index (χ3n) is 4.05. The van der Waals surface area contributed by atoms with Crippen molar-refractivity contribution in [2.24, 2.45) is 0 Å². The fourth-order valence-corrected chi connectivity index (χ4v) is 2.50. The Balaban J connectivity index is 1.72. The Labute approximate surface area is 170 Å². The van der Waals surface area contributed by atoms with Crippen LogP contribution in [-0.2, 0) is 16.0 Å². The fourth-order valence-electron chi connectivity index (χ4n) is 2.37. The van der Waals surface area contributed by atoms with Crippen molar-refractivity contribution in [1.29, 1.82) is 0 Å². The second kappa shape index (κ2) is 9.95. The number of aryl methyl sites for hydroxylation is 1. The van der Waals surface area contributed by atoms with Crippen LogP contribution in [-0.4, -0.2) is 29.1 Å². The maximum absolute atomic E-state index is 11.8. The number of ether oxygens (including phenoxy) is 1. The first kappa shape index (κ1) is 21.5. The molecule has 0 aliphatic rings. The number of carbonyl (C=O) groups excluding carboxylic acids is 1.